The summed E-state index contributed by atoms with van der Waals surface area (Å²) < 4.78 is 14.1. The summed E-state index contributed by atoms with van der Waals surface area (Å²) >= 11 is 0. The van der Waals surface area contributed by atoms with E-state index >= 15 is 0 Å². The van der Waals surface area contributed by atoms with Gasteiger partial charge in [-0.3, -0.25) is 0 Å². The third kappa shape index (κ3) is 9.72. The third-order valence-corrected chi connectivity index (χ3v) is 2.24. The number of esters is 2. The molecule has 5 heteroatoms. The van der Waals surface area contributed by atoms with Crippen LogP contribution < -0.4 is 0 Å². The Hall–Kier alpha value is -1.96. The van der Waals surface area contributed by atoms with Crippen LogP contribution in [0.15, 0.2) is 12.3 Å². The average Bonchev–Trinajstić information content (AvgIpc) is 2.43. The highest BCUT2D eigenvalue weighted by molar-refractivity contribution is 5.88. The number of hydrogen-bond acceptors (Lipinski definition) is 5. The number of methoxy groups -OCH3 is 2. The molecule has 0 amide bonds. The summed E-state index contributed by atoms with van der Waals surface area (Å²) in [6.07, 6.45) is 5.70. The summed E-state index contributed by atoms with van der Waals surface area (Å²) in [6, 6.07) is 0. The lowest BCUT2D eigenvalue weighted by Gasteiger charge is -2.09. The van der Waals surface area contributed by atoms with E-state index < -0.39 is 18.0 Å². The van der Waals surface area contributed by atoms with Crippen LogP contribution in [0.3, 0.4) is 0 Å². The molecule has 0 fully saturated rings. The van der Waals surface area contributed by atoms with Gasteiger partial charge in [0, 0.05) is 5.92 Å². The maximum absolute atomic E-state index is 10.9. The largest absolute Gasteiger partial charge is 0.485 e. The number of carbonyl (C=O) groups excluding carboxylic acids is 2. The highest BCUT2D eigenvalue weighted by Crippen LogP contribution is 2.06. The smallest absolute Gasteiger partial charge is 0.384 e. The number of ether oxygens (including phenoxy) is 3. The Morgan fingerprint density at radius 1 is 1.21 bits per heavy atom. The van der Waals surface area contributed by atoms with Crippen molar-refractivity contribution in [2.75, 3.05) is 14.2 Å². The van der Waals surface area contributed by atoms with Gasteiger partial charge in [-0.25, -0.2) is 9.59 Å². The maximum Gasteiger partial charge on any atom is 0.384 e. The van der Waals surface area contributed by atoms with Gasteiger partial charge in [-0.05, 0) is 18.8 Å². The van der Waals surface area contributed by atoms with Crippen LogP contribution in [0.4, 0.5) is 0 Å². The van der Waals surface area contributed by atoms with Gasteiger partial charge in [0.25, 0.3) is 0 Å². The van der Waals surface area contributed by atoms with Crippen molar-refractivity contribution in [3.05, 3.63) is 12.3 Å². The zero-order chi connectivity index (χ0) is 14.5. The van der Waals surface area contributed by atoms with Gasteiger partial charge in [0.1, 0.15) is 0 Å². The number of rotatable bonds is 7. The standard InChI is InChI=1S/C14H20O5/c1-4-5-6-7-12(8-9-13(15)17-2)19-11-10-14(16)18-3/h10-12H,4-7H2,1-3H3/b11-10+/t12-/m1/s1. The highest BCUT2D eigenvalue weighted by atomic mass is 16.5. The summed E-state index contributed by atoms with van der Waals surface area (Å²) in [5.74, 6) is 3.88. The molecule has 0 radical (unpaired) electrons. The molecule has 0 aliphatic rings. The van der Waals surface area contributed by atoms with Crippen LogP contribution in [0.2, 0.25) is 0 Å². The Morgan fingerprint density at radius 3 is 2.53 bits per heavy atom. The molecule has 0 aliphatic heterocycles. The fourth-order valence-electron chi connectivity index (χ4n) is 1.20. The van der Waals surface area contributed by atoms with Crippen molar-refractivity contribution >= 4 is 11.9 Å². The van der Waals surface area contributed by atoms with Gasteiger partial charge in [-0.2, -0.15) is 0 Å². The first-order valence-electron chi connectivity index (χ1n) is 6.13. The van der Waals surface area contributed by atoms with Crippen LogP contribution in [0.1, 0.15) is 32.6 Å². The van der Waals surface area contributed by atoms with Crippen LogP contribution in [-0.2, 0) is 23.8 Å². The van der Waals surface area contributed by atoms with Crippen molar-refractivity contribution in [3.63, 3.8) is 0 Å². The predicted molar refractivity (Wildman–Crippen MR) is 70.0 cm³/mol. The van der Waals surface area contributed by atoms with Crippen LogP contribution >= 0.6 is 0 Å². The molecule has 0 aromatic rings. The van der Waals surface area contributed by atoms with E-state index in [1.807, 2.05) is 0 Å². The van der Waals surface area contributed by atoms with Crippen LogP contribution in [0, 0.1) is 11.8 Å². The van der Waals surface area contributed by atoms with Crippen molar-refractivity contribution in [1.29, 1.82) is 0 Å². The van der Waals surface area contributed by atoms with E-state index in [-0.39, 0.29) is 0 Å². The average molecular weight is 268 g/mol. The molecule has 5 nitrogen and oxygen atoms in total. The Kier molecular flexibility index (Phi) is 10.00. The summed E-state index contributed by atoms with van der Waals surface area (Å²) in [5.41, 5.74) is 0. The molecule has 0 unspecified atom stereocenters. The monoisotopic (exact) mass is 268 g/mol. The van der Waals surface area contributed by atoms with Crippen molar-refractivity contribution < 1.29 is 23.8 Å². The van der Waals surface area contributed by atoms with Crippen molar-refractivity contribution in [2.45, 2.75) is 38.7 Å². The van der Waals surface area contributed by atoms with Crippen LogP contribution in [0.25, 0.3) is 0 Å². The molecular formula is C14H20O5. The van der Waals surface area contributed by atoms with E-state index in [1.54, 1.807) is 0 Å². The lowest BCUT2D eigenvalue weighted by molar-refractivity contribution is -0.135. The molecule has 0 saturated heterocycles. The fourth-order valence-corrected chi connectivity index (χ4v) is 1.20. The SMILES string of the molecule is CCCCC[C@H](C#CC(=O)OC)O/C=C/C(=O)OC. The molecule has 106 valence electrons. The van der Waals surface area contributed by atoms with Gasteiger partial charge in [0.2, 0.25) is 0 Å². The Morgan fingerprint density at radius 2 is 1.95 bits per heavy atom. The molecule has 0 heterocycles. The van der Waals surface area contributed by atoms with Gasteiger partial charge in [-0.1, -0.05) is 19.8 Å². The van der Waals surface area contributed by atoms with Gasteiger partial charge < -0.3 is 14.2 Å². The summed E-state index contributed by atoms with van der Waals surface area (Å²) in [7, 11) is 2.55. The summed E-state index contributed by atoms with van der Waals surface area (Å²) in [6.45, 7) is 2.09. The summed E-state index contributed by atoms with van der Waals surface area (Å²) in [4.78, 5) is 21.8. The van der Waals surface area contributed by atoms with E-state index in [1.165, 1.54) is 20.5 Å². The second-order valence-electron chi connectivity index (χ2n) is 3.71. The van der Waals surface area contributed by atoms with Gasteiger partial charge in [0.05, 0.1) is 26.6 Å². The Labute approximate surface area is 113 Å². The lowest BCUT2D eigenvalue weighted by atomic mass is 10.1. The highest BCUT2D eigenvalue weighted by Gasteiger charge is 2.05. The third-order valence-electron chi connectivity index (χ3n) is 2.24. The van der Waals surface area contributed by atoms with Gasteiger partial charge >= 0.3 is 11.9 Å². The first-order chi connectivity index (χ1) is 9.13. The molecule has 0 aliphatic carbocycles. The number of carbonyl (C=O) groups is 2. The fraction of sp³-hybridized carbons (Fsp3) is 0.571. The molecule has 0 N–H and O–H groups in total. The first-order valence-corrected chi connectivity index (χ1v) is 6.13. The second-order valence-corrected chi connectivity index (χ2v) is 3.71. The predicted octanol–water partition coefficient (Wildman–Crippen LogP) is 1.81. The normalized spacial score (nSPS) is 11.3. The van der Waals surface area contributed by atoms with Crippen LogP contribution in [-0.4, -0.2) is 32.3 Å². The van der Waals surface area contributed by atoms with E-state index in [4.69, 9.17) is 4.74 Å². The molecule has 19 heavy (non-hydrogen) atoms. The minimum atomic E-state index is -0.610. The summed E-state index contributed by atoms with van der Waals surface area (Å²) in [5, 5.41) is 0. The topological polar surface area (TPSA) is 61.8 Å². The zero-order valence-electron chi connectivity index (χ0n) is 11.6. The van der Waals surface area contributed by atoms with E-state index in [0.717, 1.165) is 25.3 Å². The van der Waals surface area contributed by atoms with E-state index in [9.17, 15) is 9.59 Å². The van der Waals surface area contributed by atoms with Crippen LogP contribution in [0.5, 0.6) is 0 Å². The maximum atomic E-state index is 10.9. The quantitative estimate of drug-likeness (QED) is 0.176. The molecular weight excluding hydrogens is 248 g/mol. The number of unbranched alkanes of at least 4 members (excludes halogenated alkanes) is 2. The lowest BCUT2D eigenvalue weighted by Crippen LogP contribution is -2.08. The molecule has 0 rings (SSSR count). The van der Waals surface area contributed by atoms with Crippen molar-refractivity contribution in [3.8, 4) is 11.8 Å². The van der Waals surface area contributed by atoms with Crippen molar-refractivity contribution in [1.82, 2.24) is 0 Å². The number of hydrogen-bond donors (Lipinski definition) is 0. The molecule has 1 atom stereocenters. The Bertz CT molecular complexity index is 362. The van der Waals surface area contributed by atoms with Gasteiger partial charge in [0.15, 0.2) is 6.10 Å². The van der Waals surface area contributed by atoms with Crippen molar-refractivity contribution in [2.24, 2.45) is 0 Å². The second kappa shape index (κ2) is 11.1. The minimum Gasteiger partial charge on any atom is -0.485 e. The van der Waals surface area contributed by atoms with E-state index in [2.05, 4.69) is 28.2 Å². The van der Waals surface area contributed by atoms with Gasteiger partial charge in [-0.15, -0.1) is 0 Å². The first kappa shape index (κ1) is 17.0. The zero-order valence-corrected chi connectivity index (χ0v) is 11.6. The molecule has 0 aromatic carbocycles. The molecule has 0 bridgehead atoms. The molecule has 0 aromatic heterocycles. The molecule has 0 saturated carbocycles. The minimum absolute atomic E-state index is 0.438. The van der Waals surface area contributed by atoms with E-state index in [0.29, 0.717) is 6.42 Å². The Balaban J connectivity index is 4.39. The molecule has 0 spiro atoms.